The minimum atomic E-state index is 0.120. The van der Waals surface area contributed by atoms with Crippen LogP contribution in [-0.2, 0) is 0 Å². The van der Waals surface area contributed by atoms with Crippen LogP contribution in [0.1, 0.15) is 62.9 Å². The van der Waals surface area contributed by atoms with E-state index in [4.69, 9.17) is 11.6 Å². The summed E-state index contributed by atoms with van der Waals surface area (Å²) < 4.78 is 2.13. The van der Waals surface area contributed by atoms with Gasteiger partial charge in [-0.1, -0.05) is 26.7 Å². The Kier molecular flexibility index (Phi) is 3.91. The molecule has 1 fully saturated rings. The molecule has 3 atom stereocenters. The highest BCUT2D eigenvalue weighted by atomic mass is 35.5. The Morgan fingerprint density at radius 2 is 2.38 bits per heavy atom. The third-order valence-electron chi connectivity index (χ3n) is 3.62. The number of hydrogen-bond donors (Lipinski definition) is 0. The molecule has 2 rings (SSSR count). The van der Waals surface area contributed by atoms with Gasteiger partial charge in [-0.2, -0.15) is 5.10 Å². The minimum absolute atomic E-state index is 0.120. The van der Waals surface area contributed by atoms with Crippen LogP contribution in [0.15, 0.2) is 12.4 Å². The topological polar surface area (TPSA) is 17.8 Å². The molecular weight excluding hydrogens is 220 g/mol. The van der Waals surface area contributed by atoms with E-state index in [2.05, 4.69) is 29.8 Å². The van der Waals surface area contributed by atoms with Crippen molar-refractivity contribution in [3.63, 3.8) is 0 Å². The summed E-state index contributed by atoms with van der Waals surface area (Å²) in [6.07, 6.45) is 10.3. The van der Waals surface area contributed by atoms with E-state index in [1.54, 1.807) is 0 Å². The molecule has 3 unspecified atom stereocenters. The van der Waals surface area contributed by atoms with Crippen LogP contribution in [0, 0.1) is 5.92 Å². The van der Waals surface area contributed by atoms with Gasteiger partial charge in [0, 0.05) is 11.8 Å². The van der Waals surface area contributed by atoms with E-state index in [1.807, 2.05) is 6.20 Å². The predicted molar refractivity (Wildman–Crippen MR) is 67.8 cm³/mol. The zero-order valence-corrected chi connectivity index (χ0v) is 11.0. The van der Waals surface area contributed by atoms with Crippen molar-refractivity contribution in [3.8, 4) is 0 Å². The van der Waals surface area contributed by atoms with Crippen molar-refractivity contribution in [2.75, 3.05) is 0 Å². The van der Waals surface area contributed by atoms with Gasteiger partial charge < -0.3 is 0 Å². The van der Waals surface area contributed by atoms with Crippen molar-refractivity contribution in [2.24, 2.45) is 5.92 Å². The monoisotopic (exact) mass is 240 g/mol. The number of rotatable bonds is 3. The van der Waals surface area contributed by atoms with Gasteiger partial charge in [0.1, 0.15) is 0 Å². The van der Waals surface area contributed by atoms with Crippen molar-refractivity contribution < 1.29 is 0 Å². The van der Waals surface area contributed by atoms with E-state index in [0.717, 1.165) is 12.3 Å². The van der Waals surface area contributed by atoms with Gasteiger partial charge in [0.05, 0.1) is 17.6 Å². The second-order valence-corrected chi connectivity index (χ2v) is 5.58. The smallest absolute Gasteiger partial charge is 0.0613 e. The molecule has 0 aliphatic heterocycles. The van der Waals surface area contributed by atoms with Gasteiger partial charge in [-0.15, -0.1) is 11.6 Å². The maximum Gasteiger partial charge on any atom is 0.0613 e. The third-order valence-corrected chi connectivity index (χ3v) is 4.19. The molecule has 0 radical (unpaired) electrons. The van der Waals surface area contributed by atoms with Gasteiger partial charge in [0.15, 0.2) is 0 Å². The van der Waals surface area contributed by atoms with E-state index < -0.39 is 0 Å². The lowest BCUT2D eigenvalue weighted by Crippen LogP contribution is -2.17. The molecule has 1 aliphatic rings. The van der Waals surface area contributed by atoms with E-state index in [0.29, 0.717) is 6.04 Å². The summed E-state index contributed by atoms with van der Waals surface area (Å²) in [5.41, 5.74) is 1.17. The number of alkyl halides is 1. The SMILES string of the molecule is CCC(Cl)c1cnn(C2CCCC(C)C2)c1. The average Bonchev–Trinajstić information content (AvgIpc) is 2.77. The lowest BCUT2D eigenvalue weighted by molar-refractivity contribution is 0.266. The van der Waals surface area contributed by atoms with Crippen LogP contribution in [0.25, 0.3) is 0 Å². The van der Waals surface area contributed by atoms with Crippen LogP contribution in [0.2, 0.25) is 0 Å². The molecule has 0 saturated heterocycles. The lowest BCUT2D eigenvalue weighted by Gasteiger charge is -2.26. The standard InChI is InChI=1S/C13H21ClN2/c1-3-13(14)11-8-15-16(9-11)12-6-4-5-10(2)7-12/h8-10,12-13H,3-7H2,1-2H3. The molecule has 90 valence electrons. The Balaban J connectivity index is 2.06. The first-order chi connectivity index (χ1) is 7.70. The van der Waals surface area contributed by atoms with Crippen molar-refractivity contribution in [3.05, 3.63) is 18.0 Å². The van der Waals surface area contributed by atoms with Crippen molar-refractivity contribution in [1.29, 1.82) is 0 Å². The second kappa shape index (κ2) is 5.22. The summed E-state index contributed by atoms with van der Waals surface area (Å²) in [6, 6.07) is 0.596. The Hall–Kier alpha value is -0.500. The van der Waals surface area contributed by atoms with Crippen LogP contribution in [-0.4, -0.2) is 9.78 Å². The summed E-state index contributed by atoms with van der Waals surface area (Å²) >= 11 is 6.22. The quantitative estimate of drug-likeness (QED) is 0.720. The van der Waals surface area contributed by atoms with Gasteiger partial charge in [-0.05, 0) is 25.2 Å². The number of aromatic nitrogens is 2. The molecule has 1 aliphatic carbocycles. The van der Waals surface area contributed by atoms with Crippen molar-refractivity contribution in [1.82, 2.24) is 9.78 Å². The molecule has 1 heterocycles. The van der Waals surface area contributed by atoms with Gasteiger partial charge >= 0.3 is 0 Å². The van der Waals surface area contributed by atoms with Crippen LogP contribution in [0.5, 0.6) is 0 Å². The normalized spacial score (nSPS) is 27.9. The Bertz CT molecular complexity index is 334. The first kappa shape index (κ1) is 12.0. The van der Waals surface area contributed by atoms with Gasteiger partial charge in [-0.25, -0.2) is 0 Å². The summed E-state index contributed by atoms with van der Waals surface area (Å²) in [4.78, 5) is 0. The number of halogens is 1. The van der Waals surface area contributed by atoms with Crippen molar-refractivity contribution in [2.45, 2.75) is 57.4 Å². The fourth-order valence-corrected chi connectivity index (χ4v) is 2.70. The van der Waals surface area contributed by atoms with Crippen LogP contribution in [0.3, 0.4) is 0 Å². The molecule has 0 amide bonds. The fraction of sp³-hybridized carbons (Fsp3) is 0.769. The van der Waals surface area contributed by atoms with E-state index in [9.17, 15) is 0 Å². The summed E-state index contributed by atoms with van der Waals surface area (Å²) in [6.45, 7) is 4.45. The number of hydrogen-bond acceptors (Lipinski definition) is 1. The molecule has 1 aromatic heterocycles. The molecule has 0 N–H and O–H groups in total. The second-order valence-electron chi connectivity index (χ2n) is 5.06. The fourth-order valence-electron chi connectivity index (χ4n) is 2.59. The maximum atomic E-state index is 6.22. The maximum absolute atomic E-state index is 6.22. The Morgan fingerprint density at radius 1 is 1.56 bits per heavy atom. The number of nitrogens with zero attached hydrogens (tertiary/aromatic N) is 2. The van der Waals surface area contributed by atoms with Gasteiger partial charge in [-0.3, -0.25) is 4.68 Å². The van der Waals surface area contributed by atoms with E-state index in [-0.39, 0.29) is 5.38 Å². The Morgan fingerprint density at radius 3 is 3.06 bits per heavy atom. The highest BCUT2D eigenvalue weighted by Crippen LogP contribution is 2.33. The van der Waals surface area contributed by atoms with E-state index >= 15 is 0 Å². The summed E-state index contributed by atoms with van der Waals surface area (Å²) in [5.74, 6) is 0.837. The van der Waals surface area contributed by atoms with Crippen LogP contribution >= 0.6 is 11.6 Å². The van der Waals surface area contributed by atoms with Crippen LogP contribution < -0.4 is 0 Å². The molecule has 0 bridgehead atoms. The first-order valence-electron chi connectivity index (χ1n) is 6.38. The minimum Gasteiger partial charge on any atom is -0.269 e. The third kappa shape index (κ3) is 2.60. The molecule has 1 saturated carbocycles. The summed E-state index contributed by atoms with van der Waals surface area (Å²) in [7, 11) is 0. The zero-order chi connectivity index (χ0) is 11.5. The molecular formula is C13H21ClN2. The lowest BCUT2D eigenvalue weighted by atomic mass is 9.87. The predicted octanol–water partition coefficient (Wildman–Crippen LogP) is 4.32. The highest BCUT2D eigenvalue weighted by molar-refractivity contribution is 6.20. The summed E-state index contributed by atoms with van der Waals surface area (Å²) in [5, 5.41) is 4.60. The van der Waals surface area contributed by atoms with Gasteiger partial charge in [0.2, 0.25) is 0 Å². The molecule has 3 heteroatoms. The zero-order valence-electron chi connectivity index (χ0n) is 10.2. The first-order valence-corrected chi connectivity index (χ1v) is 6.82. The molecule has 0 aromatic carbocycles. The van der Waals surface area contributed by atoms with Crippen molar-refractivity contribution >= 4 is 11.6 Å². The average molecular weight is 241 g/mol. The van der Waals surface area contributed by atoms with E-state index in [1.165, 1.54) is 31.2 Å². The molecule has 2 nitrogen and oxygen atoms in total. The largest absolute Gasteiger partial charge is 0.269 e. The highest BCUT2D eigenvalue weighted by Gasteiger charge is 2.21. The molecule has 0 spiro atoms. The molecule has 1 aromatic rings. The van der Waals surface area contributed by atoms with Crippen LogP contribution in [0.4, 0.5) is 0 Å². The van der Waals surface area contributed by atoms with Gasteiger partial charge in [0.25, 0.3) is 0 Å². The molecule has 16 heavy (non-hydrogen) atoms. The Labute approximate surface area is 103 Å².